The maximum Gasteiger partial charge on any atom is 0.328 e. The fraction of sp³-hybridized carbons (Fsp3) is 0.205. The van der Waals surface area contributed by atoms with Crippen LogP contribution >= 0.6 is 0 Å². The van der Waals surface area contributed by atoms with E-state index in [1.807, 2.05) is 84.9 Å². The number of ketones is 2. The second-order valence-corrected chi connectivity index (χ2v) is 11.4. The Kier molecular flexibility index (Phi) is 9.39. The van der Waals surface area contributed by atoms with Crippen LogP contribution in [0, 0.1) is 5.92 Å². The number of carbonyl (C=O) groups excluding carboxylic acids is 3. The van der Waals surface area contributed by atoms with Crippen molar-refractivity contribution < 1.29 is 23.9 Å². The molecule has 0 bridgehead atoms. The van der Waals surface area contributed by atoms with E-state index in [1.54, 1.807) is 30.3 Å². The van der Waals surface area contributed by atoms with Crippen molar-refractivity contribution in [1.82, 2.24) is 0 Å². The number of methoxy groups -OCH3 is 1. The molecule has 7 heteroatoms. The third kappa shape index (κ3) is 7.10. The summed E-state index contributed by atoms with van der Waals surface area (Å²) in [6.07, 6.45) is 2.27. The highest BCUT2D eigenvalue weighted by Crippen LogP contribution is 2.37. The first-order valence-corrected chi connectivity index (χ1v) is 15.6. The Morgan fingerprint density at radius 3 is 2.26 bits per heavy atom. The molecule has 0 aromatic heterocycles. The van der Waals surface area contributed by atoms with Gasteiger partial charge >= 0.3 is 5.97 Å². The minimum atomic E-state index is -0.709. The quantitative estimate of drug-likeness (QED) is 0.0769. The highest BCUT2D eigenvalue weighted by atomic mass is 16.5. The predicted molar refractivity (Wildman–Crippen MR) is 181 cm³/mol. The Bertz CT molecular complexity index is 1850. The van der Waals surface area contributed by atoms with Crippen LogP contribution in [0.25, 0.3) is 10.8 Å². The fourth-order valence-electron chi connectivity index (χ4n) is 5.61. The van der Waals surface area contributed by atoms with Gasteiger partial charge in [0.25, 0.3) is 0 Å². The molecule has 1 unspecified atom stereocenters. The summed E-state index contributed by atoms with van der Waals surface area (Å²) in [6, 6.07) is 35.1. The number of para-hydroxylation sites is 1. The predicted octanol–water partition coefficient (Wildman–Crippen LogP) is 7.35. The smallest absolute Gasteiger partial charge is 0.328 e. The van der Waals surface area contributed by atoms with E-state index in [2.05, 4.69) is 10.6 Å². The van der Waals surface area contributed by atoms with Crippen LogP contribution in [0.15, 0.2) is 115 Å². The molecule has 0 radical (unpaired) electrons. The van der Waals surface area contributed by atoms with Gasteiger partial charge in [-0.05, 0) is 54.1 Å². The molecule has 1 saturated carbocycles. The molecule has 5 aromatic carbocycles. The molecule has 232 valence electrons. The molecule has 0 spiro atoms. The van der Waals surface area contributed by atoms with Crippen molar-refractivity contribution >= 4 is 39.7 Å². The number of benzene rings is 5. The number of anilines is 2. The van der Waals surface area contributed by atoms with Crippen LogP contribution in [0.1, 0.15) is 44.7 Å². The standard InChI is InChI=1S/C39H36N2O5/c1-45-39(44)35(41-34-14-8-7-13-32(34)37(42)28-10-3-2-4-11-28)25-26-15-20-30(21-16-26)46-24-23-40-36-31-12-6-5-9-27(31)19-22-33(36)38(43)29-17-18-29/h2-16,19-22,29,35,40-41H,17-18,23-25H2,1H3. The second-order valence-electron chi connectivity index (χ2n) is 11.4. The molecule has 7 nitrogen and oxygen atoms in total. The first-order chi connectivity index (χ1) is 22.5. The number of rotatable bonds is 14. The molecular formula is C39H36N2O5. The molecule has 1 aliphatic rings. The molecule has 0 heterocycles. The molecule has 2 N–H and O–H groups in total. The number of hydrogen-bond acceptors (Lipinski definition) is 7. The zero-order chi connectivity index (χ0) is 31.9. The minimum Gasteiger partial charge on any atom is -0.492 e. The molecule has 1 atom stereocenters. The Morgan fingerprint density at radius 1 is 0.783 bits per heavy atom. The van der Waals surface area contributed by atoms with Crippen molar-refractivity contribution in [1.29, 1.82) is 0 Å². The van der Waals surface area contributed by atoms with Crippen molar-refractivity contribution in [3.8, 4) is 5.75 Å². The number of Topliss-reactive ketones (excluding diaryl/α,β-unsaturated/α-hetero) is 1. The van der Waals surface area contributed by atoms with E-state index in [1.165, 1.54) is 7.11 Å². The summed E-state index contributed by atoms with van der Waals surface area (Å²) in [5, 5.41) is 8.82. The van der Waals surface area contributed by atoms with Gasteiger partial charge in [-0.25, -0.2) is 4.79 Å². The summed E-state index contributed by atoms with van der Waals surface area (Å²) in [6.45, 7) is 0.925. The summed E-state index contributed by atoms with van der Waals surface area (Å²) in [4.78, 5) is 39.0. The van der Waals surface area contributed by atoms with Crippen LogP contribution in [-0.4, -0.2) is 43.8 Å². The van der Waals surface area contributed by atoms with Crippen molar-refractivity contribution in [2.75, 3.05) is 30.9 Å². The number of carbonyl (C=O) groups is 3. The molecule has 0 saturated heterocycles. The molecule has 0 aliphatic heterocycles. The van der Waals surface area contributed by atoms with E-state index < -0.39 is 12.0 Å². The highest BCUT2D eigenvalue weighted by molar-refractivity contribution is 6.12. The van der Waals surface area contributed by atoms with Crippen LogP contribution in [0.4, 0.5) is 11.4 Å². The van der Waals surface area contributed by atoms with E-state index in [9.17, 15) is 14.4 Å². The molecule has 46 heavy (non-hydrogen) atoms. The largest absolute Gasteiger partial charge is 0.492 e. The zero-order valence-corrected chi connectivity index (χ0v) is 25.7. The van der Waals surface area contributed by atoms with Gasteiger partial charge in [0, 0.05) is 46.6 Å². The molecule has 6 rings (SSSR count). The van der Waals surface area contributed by atoms with Gasteiger partial charge in [0.05, 0.1) is 12.8 Å². The number of hydrogen-bond donors (Lipinski definition) is 2. The Morgan fingerprint density at radius 2 is 1.50 bits per heavy atom. The Hall–Kier alpha value is -5.43. The van der Waals surface area contributed by atoms with Crippen LogP contribution in [0.2, 0.25) is 0 Å². The van der Waals surface area contributed by atoms with Gasteiger partial charge < -0.3 is 20.1 Å². The van der Waals surface area contributed by atoms with Gasteiger partial charge in [0.15, 0.2) is 11.6 Å². The summed E-state index contributed by atoms with van der Waals surface area (Å²) < 4.78 is 11.1. The lowest BCUT2D eigenvalue weighted by atomic mass is 9.99. The lowest BCUT2D eigenvalue weighted by Crippen LogP contribution is -2.33. The average Bonchev–Trinajstić information content (AvgIpc) is 3.96. The molecule has 5 aromatic rings. The summed E-state index contributed by atoms with van der Waals surface area (Å²) >= 11 is 0. The topological polar surface area (TPSA) is 93.7 Å². The summed E-state index contributed by atoms with van der Waals surface area (Å²) in [5.41, 5.74) is 4.12. The fourth-order valence-corrected chi connectivity index (χ4v) is 5.61. The normalized spacial score (nSPS) is 13.1. The van der Waals surface area contributed by atoms with E-state index >= 15 is 0 Å². The zero-order valence-electron chi connectivity index (χ0n) is 25.7. The lowest BCUT2D eigenvalue weighted by molar-refractivity contribution is -0.141. The van der Waals surface area contributed by atoms with Crippen molar-refractivity contribution in [2.45, 2.75) is 25.3 Å². The van der Waals surface area contributed by atoms with Crippen LogP contribution < -0.4 is 15.4 Å². The maximum atomic E-state index is 13.2. The third-order valence-electron chi connectivity index (χ3n) is 8.20. The molecule has 1 fully saturated rings. The summed E-state index contributed by atoms with van der Waals surface area (Å²) in [7, 11) is 1.35. The van der Waals surface area contributed by atoms with Gasteiger partial charge in [-0.1, -0.05) is 84.9 Å². The maximum absolute atomic E-state index is 13.2. The monoisotopic (exact) mass is 612 g/mol. The molecule has 0 amide bonds. The average molecular weight is 613 g/mol. The van der Waals surface area contributed by atoms with Crippen molar-refractivity contribution in [3.05, 3.63) is 138 Å². The first-order valence-electron chi connectivity index (χ1n) is 15.6. The van der Waals surface area contributed by atoms with Crippen LogP contribution in [0.3, 0.4) is 0 Å². The van der Waals surface area contributed by atoms with Gasteiger partial charge in [0.2, 0.25) is 0 Å². The Labute approximate surface area is 268 Å². The van der Waals surface area contributed by atoms with Crippen LogP contribution in [-0.2, 0) is 16.0 Å². The lowest BCUT2D eigenvalue weighted by Gasteiger charge is -2.20. The number of fused-ring (bicyclic) bond motifs is 1. The number of ether oxygens (including phenoxy) is 2. The second kappa shape index (κ2) is 14.1. The van der Waals surface area contributed by atoms with Crippen LogP contribution in [0.5, 0.6) is 5.75 Å². The van der Waals surface area contributed by atoms with Crippen molar-refractivity contribution in [2.24, 2.45) is 5.92 Å². The van der Waals surface area contributed by atoms with Gasteiger partial charge in [0.1, 0.15) is 18.4 Å². The summed E-state index contributed by atoms with van der Waals surface area (Å²) in [5.74, 6) is 0.475. The van der Waals surface area contributed by atoms with E-state index in [0.29, 0.717) is 42.1 Å². The third-order valence-corrected chi connectivity index (χ3v) is 8.20. The molecular weight excluding hydrogens is 576 g/mol. The Balaban J connectivity index is 1.09. The van der Waals surface area contributed by atoms with E-state index in [0.717, 1.165) is 40.4 Å². The van der Waals surface area contributed by atoms with Gasteiger partial charge in [-0.3, -0.25) is 9.59 Å². The highest BCUT2D eigenvalue weighted by Gasteiger charge is 2.32. The first kappa shape index (κ1) is 30.6. The van der Waals surface area contributed by atoms with E-state index in [-0.39, 0.29) is 17.5 Å². The molecule has 1 aliphatic carbocycles. The van der Waals surface area contributed by atoms with Crippen molar-refractivity contribution in [3.63, 3.8) is 0 Å². The van der Waals surface area contributed by atoms with E-state index in [4.69, 9.17) is 9.47 Å². The number of esters is 1. The number of nitrogens with one attached hydrogen (secondary N) is 2. The SMILES string of the molecule is COC(=O)C(Cc1ccc(OCCNc2c(C(=O)C3CC3)ccc3ccccc23)cc1)Nc1ccccc1C(=O)c1ccccc1. The van der Waals surface area contributed by atoms with Gasteiger partial charge in [-0.15, -0.1) is 0 Å². The van der Waals surface area contributed by atoms with Gasteiger partial charge in [-0.2, -0.15) is 0 Å². The minimum absolute atomic E-state index is 0.130.